The molecular formula is C23H32N6O4S. The van der Waals surface area contributed by atoms with Gasteiger partial charge in [-0.05, 0) is 32.0 Å². The minimum absolute atomic E-state index is 0.112. The summed E-state index contributed by atoms with van der Waals surface area (Å²) in [6, 6.07) is 6.95. The van der Waals surface area contributed by atoms with Crippen molar-refractivity contribution >= 4 is 27.0 Å². The third-order valence-electron chi connectivity index (χ3n) is 6.24. The summed E-state index contributed by atoms with van der Waals surface area (Å²) in [6.07, 6.45) is 0.877. The fourth-order valence-electron chi connectivity index (χ4n) is 4.32. The molecule has 0 bridgehead atoms. The highest BCUT2D eigenvalue weighted by Crippen LogP contribution is 2.23. The van der Waals surface area contributed by atoms with Crippen LogP contribution in [0.1, 0.15) is 30.6 Å². The van der Waals surface area contributed by atoms with Crippen LogP contribution in [0.15, 0.2) is 33.7 Å². The van der Waals surface area contributed by atoms with E-state index >= 15 is 0 Å². The average Bonchev–Trinajstić information content (AvgIpc) is 3.39. The molecular weight excluding hydrogens is 456 g/mol. The fraction of sp³-hybridized carbons (Fsp3) is 0.522. The Bertz CT molecular complexity index is 1270. The summed E-state index contributed by atoms with van der Waals surface area (Å²) in [4.78, 5) is 21.9. The number of aromatic nitrogens is 3. The van der Waals surface area contributed by atoms with E-state index < -0.39 is 10.0 Å². The van der Waals surface area contributed by atoms with Gasteiger partial charge in [0.2, 0.25) is 15.9 Å². The second-order valence-corrected chi connectivity index (χ2v) is 11.0. The summed E-state index contributed by atoms with van der Waals surface area (Å²) in [5.74, 6) is 1.75. The first-order chi connectivity index (χ1) is 16.2. The number of aryl methyl sites for hydroxylation is 3. The van der Waals surface area contributed by atoms with Gasteiger partial charge in [0.05, 0.1) is 28.2 Å². The third-order valence-corrected chi connectivity index (χ3v) is 8.05. The van der Waals surface area contributed by atoms with Crippen LogP contribution in [0, 0.1) is 6.92 Å². The number of carbonyl (C=O) groups excluding carboxylic acids is 1. The van der Waals surface area contributed by atoms with Crippen LogP contribution < -0.4 is 0 Å². The lowest BCUT2D eigenvalue weighted by Gasteiger charge is -2.34. The van der Waals surface area contributed by atoms with Gasteiger partial charge in [-0.3, -0.25) is 9.69 Å². The Morgan fingerprint density at radius 1 is 1.15 bits per heavy atom. The molecule has 1 aliphatic heterocycles. The highest BCUT2D eigenvalue weighted by molar-refractivity contribution is 7.89. The maximum absolute atomic E-state index is 12.9. The molecule has 0 N–H and O–H groups in total. The second-order valence-electron chi connectivity index (χ2n) is 8.80. The predicted octanol–water partition coefficient (Wildman–Crippen LogP) is 1.88. The molecule has 4 rings (SSSR count). The highest BCUT2D eigenvalue weighted by atomic mass is 32.2. The number of fused-ring (bicyclic) bond motifs is 1. The van der Waals surface area contributed by atoms with Crippen molar-refractivity contribution in [1.82, 2.24) is 28.8 Å². The molecule has 0 spiro atoms. The molecule has 3 aromatic rings. The van der Waals surface area contributed by atoms with Crippen molar-refractivity contribution in [2.75, 3.05) is 40.3 Å². The van der Waals surface area contributed by atoms with Crippen LogP contribution >= 0.6 is 0 Å². The normalized spacial score (nSPS) is 15.5. The van der Waals surface area contributed by atoms with E-state index in [1.165, 1.54) is 18.4 Å². The summed E-state index contributed by atoms with van der Waals surface area (Å²) in [5, 5.41) is 3.93. The van der Waals surface area contributed by atoms with E-state index in [1.54, 1.807) is 18.2 Å². The van der Waals surface area contributed by atoms with Crippen molar-refractivity contribution in [3.63, 3.8) is 0 Å². The first kappa shape index (κ1) is 24.4. The lowest BCUT2D eigenvalue weighted by atomic mass is 10.2. The maximum atomic E-state index is 12.9. The standard InChI is InChI=1S/C23H32N6O4S/c1-5-29-21-7-6-19(34(31,32)26(3)4)15-20(21)24-22(29)8-9-23(30)28-12-10-27(11-13-28)16-18-14-17(2)25-33-18/h6-7,14-15H,5,8-13,16H2,1-4H3. The number of imidazole rings is 1. The van der Waals surface area contributed by atoms with Gasteiger partial charge >= 0.3 is 0 Å². The first-order valence-corrected chi connectivity index (χ1v) is 13.0. The molecule has 184 valence electrons. The molecule has 0 saturated carbocycles. The van der Waals surface area contributed by atoms with Crippen molar-refractivity contribution in [2.45, 2.75) is 44.7 Å². The number of amides is 1. The number of hydrogen-bond acceptors (Lipinski definition) is 7. The average molecular weight is 489 g/mol. The van der Waals surface area contributed by atoms with E-state index in [9.17, 15) is 13.2 Å². The van der Waals surface area contributed by atoms with Gasteiger partial charge in [0.15, 0.2) is 5.76 Å². The molecule has 1 aliphatic rings. The van der Waals surface area contributed by atoms with Crippen LogP contribution in [-0.2, 0) is 34.3 Å². The predicted molar refractivity (Wildman–Crippen MR) is 128 cm³/mol. The van der Waals surface area contributed by atoms with E-state index in [1.807, 2.05) is 29.4 Å². The van der Waals surface area contributed by atoms with Crippen molar-refractivity contribution in [1.29, 1.82) is 0 Å². The number of sulfonamides is 1. The van der Waals surface area contributed by atoms with Gasteiger partial charge < -0.3 is 14.0 Å². The Labute approximate surface area is 200 Å². The van der Waals surface area contributed by atoms with Gasteiger partial charge in [-0.1, -0.05) is 5.16 Å². The summed E-state index contributed by atoms with van der Waals surface area (Å²) in [5.41, 5.74) is 2.37. The van der Waals surface area contributed by atoms with Crippen LogP contribution in [0.2, 0.25) is 0 Å². The molecule has 0 aliphatic carbocycles. The molecule has 0 radical (unpaired) electrons. The Balaban J connectivity index is 1.38. The third kappa shape index (κ3) is 5.01. The van der Waals surface area contributed by atoms with Crippen molar-refractivity contribution in [3.8, 4) is 0 Å². The van der Waals surface area contributed by atoms with E-state index in [0.717, 1.165) is 35.9 Å². The summed E-state index contributed by atoms with van der Waals surface area (Å²) in [7, 11) is -0.512. The molecule has 2 aromatic heterocycles. The first-order valence-electron chi connectivity index (χ1n) is 11.5. The topological polar surface area (TPSA) is 105 Å². The van der Waals surface area contributed by atoms with Gasteiger partial charge in [0, 0.05) is 65.7 Å². The molecule has 3 heterocycles. The number of rotatable bonds is 8. The quantitative estimate of drug-likeness (QED) is 0.477. The highest BCUT2D eigenvalue weighted by Gasteiger charge is 2.23. The molecule has 1 saturated heterocycles. The van der Waals surface area contributed by atoms with Crippen LogP contribution in [0.25, 0.3) is 11.0 Å². The Morgan fingerprint density at radius 2 is 1.88 bits per heavy atom. The summed E-state index contributed by atoms with van der Waals surface area (Å²) < 4.78 is 33.5. The Kier molecular flexibility index (Phi) is 7.06. The molecule has 0 unspecified atom stereocenters. The van der Waals surface area contributed by atoms with Gasteiger partial charge in [0.25, 0.3) is 0 Å². The lowest BCUT2D eigenvalue weighted by Crippen LogP contribution is -2.48. The second kappa shape index (κ2) is 9.85. The number of benzene rings is 1. The number of nitrogens with zero attached hydrogens (tertiary/aromatic N) is 6. The minimum atomic E-state index is -3.53. The van der Waals surface area contributed by atoms with E-state index in [2.05, 4.69) is 15.0 Å². The largest absolute Gasteiger partial charge is 0.360 e. The maximum Gasteiger partial charge on any atom is 0.242 e. The number of piperazine rings is 1. The molecule has 11 heteroatoms. The molecule has 1 aromatic carbocycles. The SMILES string of the molecule is CCn1c(CCC(=O)N2CCN(Cc3cc(C)no3)CC2)nc2cc(S(=O)(=O)N(C)C)ccc21. The van der Waals surface area contributed by atoms with Crippen molar-refractivity contribution < 1.29 is 17.7 Å². The fourth-order valence-corrected chi connectivity index (χ4v) is 5.24. The van der Waals surface area contributed by atoms with Crippen LogP contribution in [0.3, 0.4) is 0 Å². The Morgan fingerprint density at radius 3 is 2.50 bits per heavy atom. The molecule has 1 amide bonds. The van der Waals surface area contributed by atoms with Gasteiger partial charge in [-0.15, -0.1) is 0 Å². The summed E-state index contributed by atoms with van der Waals surface area (Å²) in [6.45, 7) is 8.27. The monoisotopic (exact) mass is 488 g/mol. The minimum Gasteiger partial charge on any atom is -0.360 e. The molecule has 0 atom stereocenters. The molecule has 1 fully saturated rings. The summed E-state index contributed by atoms with van der Waals surface area (Å²) >= 11 is 0. The molecule has 10 nitrogen and oxygen atoms in total. The van der Waals surface area contributed by atoms with E-state index in [4.69, 9.17) is 4.52 Å². The van der Waals surface area contributed by atoms with Gasteiger partial charge in [-0.2, -0.15) is 0 Å². The van der Waals surface area contributed by atoms with Gasteiger partial charge in [0.1, 0.15) is 5.82 Å². The number of hydrogen-bond donors (Lipinski definition) is 0. The zero-order valence-corrected chi connectivity index (χ0v) is 21.0. The van der Waals surface area contributed by atoms with E-state index in [-0.39, 0.29) is 10.8 Å². The van der Waals surface area contributed by atoms with Crippen LogP contribution in [0.4, 0.5) is 0 Å². The van der Waals surface area contributed by atoms with E-state index in [0.29, 0.717) is 44.5 Å². The van der Waals surface area contributed by atoms with Crippen molar-refractivity contribution in [2.24, 2.45) is 0 Å². The van der Waals surface area contributed by atoms with Crippen molar-refractivity contribution in [3.05, 3.63) is 41.5 Å². The molecule has 34 heavy (non-hydrogen) atoms. The lowest BCUT2D eigenvalue weighted by molar-refractivity contribution is -0.133. The zero-order chi connectivity index (χ0) is 24.5. The van der Waals surface area contributed by atoms with Crippen LogP contribution in [0.5, 0.6) is 0 Å². The van der Waals surface area contributed by atoms with Crippen LogP contribution in [-0.4, -0.2) is 83.4 Å². The smallest absolute Gasteiger partial charge is 0.242 e. The number of carbonyl (C=O) groups is 1. The van der Waals surface area contributed by atoms with Gasteiger partial charge in [-0.25, -0.2) is 17.7 Å². The Hall–Kier alpha value is -2.76. The zero-order valence-electron chi connectivity index (χ0n) is 20.2.